The zero-order valence-corrected chi connectivity index (χ0v) is 11.5. The maximum atomic E-state index is 3.81. The number of aryl methyl sites for hydroxylation is 1. The number of hydrogen-bond donors (Lipinski definition) is 1. The van der Waals surface area contributed by atoms with Gasteiger partial charge in [0, 0.05) is 12.1 Å². The minimum absolute atomic E-state index is 0.563. The van der Waals surface area contributed by atoms with Gasteiger partial charge in [-0.3, -0.25) is 0 Å². The van der Waals surface area contributed by atoms with E-state index in [9.17, 15) is 0 Å². The summed E-state index contributed by atoms with van der Waals surface area (Å²) >= 11 is 0. The van der Waals surface area contributed by atoms with E-state index in [1.54, 1.807) is 0 Å². The second kappa shape index (κ2) is 5.22. The zero-order valence-electron chi connectivity index (χ0n) is 11.5. The summed E-state index contributed by atoms with van der Waals surface area (Å²) in [5, 5.41) is 3.81. The first kappa shape index (κ1) is 12.6. The maximum Gasteiger partial charge on any atom is 0.0351 e. The highest BCUT2D eigenvalue weighted by molar-refractivity contribution is 5.25. The van der Waals surface area contributed by atoms with Crippen LogP contribution in [0, 0.1) is 18.8 Å². The molecule has 0 aliphatic heterocycles. The first-order chi connectivity index (χ1) is 8.08. The average Bonchev–Trinajstić information content (AvgIpc) is 3.10. The predicted octanol–water partition coefficient (Wildman–Crippen LogP) is 4.08. The van der Waals surface area contributed by atoms with E-state index in [4.69, 9.17) is 0 Å². The van der Waals surface area contributed by atoms with Crippen LogP contribution in [0.25, 0.3) is 0 Å². The minimum atomic E-state index is 0.563. The van der Waals surface area contributed by atoms with Gasteiger partial charge in [0.2, 0.25) is 0 Å². The molecule has 0 heterocycles. The van der Waals surface area contributed by atoms with Crippen LogP contribution in [-0.4, -0.2) is 6.04 Å². The first-order valence-electron chi connectivity index (χ1n) is 6.90. The van der Waals surface area contributed by atoms with Gasteiger partial charge in [0.1, 0.15) is 0 Å². The highest BCUT2D eigenvalue weighted by Gasteiger charge is 2.33. The van der Waals surface area contributed by atoms with Gasteiger partial charge in [-0.1, -0.05) is 43.7 Å². The van der Waals surface area contributed by atoms with Crippen molar-refractivity contribution in [3.05, 3.63) is 35.4 Å². The molecule has 94 valence electrons. The molecule has 0 amide bonds. The van der Waals surface area contributed by atoms with Gasteiger partial charge >= 0.3 is 0 Å². The van der Waals surface area contributed by atoms with Crippen molar-refractivity contribution < 1.29 is 0 Å². The van der Waals surface area contributed by atoms with Crippen LogP contribution in [0.4, 0.5) is 0 Å². The molecule has 1 nitrogen and oxygen atoms in total. The lowest BCUT2D eigenvalue weighted by Crippen LogP contribution is -2.35. The fraction of sp³-hybridized carbons (Fsp3) is 0.625. The van der Waals surface area contributed by atoms with E-state index in [-0.39, 0.29) is 0 Å². The Hall–Kier alpha value is -0.820. The molecule has 0 bridgehead atoms. The first-order valence-corrected chi connectivity index (χ1v) is 6.90. The molecule has 1 aromatic rings. The molecule has 1 aromatic carbocycles. The van der Waals surface area contributed by atoms with Crippen molar-refractivity contribution in [1.82, 2.24) is 5.32 Å². The second-order valence-corrected chi connectivity index (χ2v) is 5.93. The lowest BCUT2D eigenvalue weighted by molar-refractivity contribution is 0.354. The molecule has 0 saturated heterocycles. The Labute approximate surface area is 106 Å². The topological polar surface area (TPSA) is 12.0 Å². The Kier molecular flexibility index (Phi) is 3.88. The molecule has 2 atom stereocenters. The molecule has 1 saturated carbocycles. The zero-order chi connectivity index (χ0) is 12.4. The van der Waals surface area contributed by atoms with E-state index >= 15 is 0 Å². The molecule has 2 rings (SSSR count). The SMILES string of the molecule is Cc1ccc(C(NC(C)C(C)C)C2CC2)cc1. The Balaban J connectivity index is 2.09. The Morgan fingerprint density at radius 2 is 1.65 bits per heavy atom. The van der Waals surface area contributed by atoms with Crippen LogP contribution < -0.4 is 5.32 Å². The van der Waals surface area contributed by atoms with E-state index in [0.29, 0.717) is 18.0 Å². The Morgan fingerprint density at radius 1 is 1.06 bits per heavy atom. The molecule has 0 radical (unpaired) electrons. The van der Waals surface area contributed by atoms with E-state index in [2.05, 4.69) is 57.3 Å². The smallest absolute Gasteiger partial charge is 0.0351 e. The van der Waals surface area contributed by atoms with Crippen LogP contribution >= 0.6 is 0 Å². The lowest BCUT2D eigenvalue weighted by atomic mass is 9.98. The van der Waals surface area contributed by atoms with Gasteiger partial charge in [-0.2, -0.15) is 0 Å². The molecule has 1 aliphatic rings. The van der Waals surface area contributed by atoms with E-state index in [1.807, 2.05) is 0 Å². The summed E-state index contributed by atoms with van der Waals surface area (Å²) in [5.41, 5.74) is 2.81. The standard InChI is InChI=1S/C16H25N/c1-11(2)13(4)17-16(15-9-10-15)14-7-5-12(3)6-8-14/h5-8,11,13,15-17H,9-10H2,1-4H3. The van der Waals surface area contributed by atoms with E-state index in [1.165, 1.54) is 24.0 Å². The Morgan fingerprint density at radius 3 is 2.12 bits per heavy atom. The van der Waals surface area contributed by atoms with Crippen molar-refractivity contribution in [2.45, 2.75) is 52.6 Å². The fourth-order valence-corrected chi connectivity index (χ4v) is 2.18. The van der Waals surface area contributed by atoms with Gasteiger partial charge in [-0.25, -0.2) is 0 Å². The molecule has 17 heavy (non-hydrogen) atoms. The Bertz CT molecular complexity index is 348. The molecular weight excluding hydrogens is 206 g/mol. The molecule has 0 aromatic heterocycles. The molecular formula is C16H25N. The molecule has 2 unspecified atom stereocenters. The van der Waals surface area contributed by atoms with Crippen molar-refractivity contribution >= 4 is 0 Å². The monoisotopic (exact) mass is 231 g/mol. The third-order valence-electron chi connectivity index (χ3n) is 3.97. The van der Waals surface area contributed by atoms with Gasteiger partial charge < -0.3 is 5.32 Å². The van der Waals surface area contributed by atoms with Gasteiger partial charge in [0.05, 0.1) is 0 Å². The van der Waals surface area contributed by atoms with Crippen LogP contribution in [0.1, 0.15) is 50.8 Å². The van der Waals surface area contributed by atoms with E-state index in [0.717, 1.165) is 5.92 Å². The van der Waals surface area contributed by atoms with Gasteiger partial charge in [0.25, 0.3) is 0 Å². The van der Waals surface area contributed by atoms with Crippen LogP contribution in [0.2, 0.25) is 0 Å². The number of nitrogens with one attached hydrogen (secondary N) is 1. The van der Waals surface area contributed by atoms with Crippen molar-refractivity contribution in [1.29, 1.82) is 0 Å². The summed E-state index contributed by atoms with van der Waals surface area (Å²) in [7, 11) is 0. The second-order valence-electron chi connectivity index (χ2n) is 5.93. The highest BCUT2D eigenvalue weighted by Crippen LogP contribution is 2.41. The summed E-state index contributed by atoms with van der Waals surface area (Å²) in [6.07, 6.45) is 2.77. The van der Waals surface area contributed by atoms with Gasteiger partial charge in [-0.05, 0) is 44.1 Å². The molecule has 1 heteroatoms. The molecule has 1 N–H and O–H groups in total. The lowest BCUT2D eigenvalue weighted by Gasteiger charge is -2.26. The van der Waals surface area contributed by atoms with Crippen molar-refractivity contribution in [2.24, 2.45) is 11.8 Å². The largest absolute Gasteiger partial charge is 0.307 e. The fourth-order valence-electron chi connectivity index (χ4n) is 2.18. The third kappa shape index (κ3) is 3.32. The maximum absolute atomic E-state index is 3.81. The minimum Gasteiger partial charge on any atom is -0.307 e. The molecule has 1 aliphatic carbocycles. The summed E-state index contributed by atoms with van der Waals surface area (Å²) in [4.78, 5) is 0. The predicted molar refractivity (Wildman–Crippen MR) is 74.1 cm³/mol. The van der Waals surface area contributed by atoms with Crippen LogP contribution in [0.3, 0.4) is 0 Å². The normalized spacial score (nSPS) is 19.4. The third-order valence-corrected chi connectivity index (χ3v) is 3.97. The average molecular weight is 231 g/mol. The summed E-state index contributed by atoms with van der Waals surface area (Å²) < 4.78 is 0. The summed E-state index contributed by atoms with van der Waals surface area (Å²) in [6.45, 7) is 9.03. The number of benzene rings is 1. The molecule has 1 fully saturated rings. The quantitative estimate of drug-likeness (QED) is 0.805. The summed E-state index contributed by atoms with van der Waals surface area (Å²) in [6, 6.07) is 10.2. The van der Waals surface area contributed by atoms with Crippen LogP contribution in [0.15, 0.2) is 24.3 Å². The van der Waals surface area contributed by atoms with Gasteiger partial charge in [0.15, 0.2) is 0 Å². The summed E-state index contributed by atoms with van der Waals surface area (Å²) in [5.74, 6) is 1.56. The van der Waals surface area contributed by atoms with Crippen LogP contribution in [0.5, 0.6) is 0 Å². The van der Waals surface area contributed by atoms with Gasteiger partial charge in [-0.15, -0.1) is 0 Å². The molecule has 0 spiro atoms. The van der Waals surface area contributed by atoms with E-state index < -0.39 is 0 Å². The van der Waals surface area contributed by atoms with Crippen molar-refractivity contribution in [3.8, 4) is 0 Å². The van der Waals surface area contributed by atoms with Crippen molar-refractivity contribution in [3.63, 3.8) is 0 Å². The highest BCUT2D eigenvalue weighted by atomic mass is 15.0. The number of hydrogen-bond acceptors (Lipinski definition) is 1. The van der Waals surface area contributed by atoms with Crippen LogP contribution in [-0.2, 0) is 0 Å². The number of rotatable bonds is 5. The van der Waals surface area contributed by atoms with Crippen molar-refractivity contribution in [2.75, 3.05) is 0 Å².